The van der Waals surface area contributed by atoms with Gasteiger partial charge in [-0.3, -0.25) is 0 Å². The van der Waals surface area contributed by atoms with E-state index in [4.69, 9.17) is 4.42 Å². The Kier molecular flexibility index (Phi) is 2.04. The van der Waals surface area contributed by atoms with Gasteiger partial charge in [0.05, 0.1) is 12.0 Å². The second kappa shape index (κ2) is 3.10. The molecule has 0 saturated heterocycles. The van der Waals surface area contributed by atoms with Gasteiger partial charge in [0, 0.05) is 0 Å². The molecule has 1 heterocycles. The quantitative estimate of drug-likeness (QED) is 0.791. The van der Waals surface area contributed by atoms with Crippen molar-refractivity contribution >= 4 is 11.1 Å². The summed E-state index contributed by atoms with van der Waals surface area (Å²) in [4.78, 5) is 4.27. The molecule has 0 atom stereocenters. The molecule has 0 spiro atoms. The predicted octanol–water partition coefficient (Wildman–Crippen LogP) is 2.14. The summed E-state index contributed by atoms with van der Waals surface area (Å²) in [5.74, 6) is 0.582. The molecule has 14 heavy (non-hydrogen) atoms. The molecule has 74 valence electrons. The fraction of sp³-hybridized carbons (Fsp3) is 0.364. The maximum atomic E-state index is 9.60. The van der Waals surface area contributed by atoms with E-state index in [1.54, 1.807) is 13.8 Å². The zero-order valence-corrected chi connectivity index (χ0v) is 8.32. The van der Waals surface area contributed by atoms with Crippen LogP contribution in [0.3, 0.4) is 0 Å². The third kappa shape index (κ3) is 1.93. The number of rotatable bonds is 2. The third-order valence-electron chi connectivity index (χ3n) is 1.92. The zero-order valence-electron chi connectivity index (χ0n) is 8.32. The summed E-state index contributed by atoms with van der Waals surface area (Å²) in [5.41, 5.74) is 0.833. The number of aromatic nitrogens is 1. The second-order valence-corrected chi connectivity index (χ2v) is 4.06. The summed E-state index contributed by atoms with van der Waals surface area (Å²) >= 11 is 0. The highest BCUT2D eigenvalue weighted by molar-refractivity contribution is 5.72. The van der Waals surface area contributed by atoms with Gasteiger partial charge in [-0.05, 0) is 26.0 Å². The molecule has 0 saturated carbocycles. The first-order valence-corrected chi connectivity index (χ1v) is 4.61. The summed E-state index contributed by atoms with van der Waals surface area (Å²) in [6.07, 6.45) is 0.432. The number of hydrogen-bond acceptors (Lipinski definition) is 3. The summed E-state index contributed by atoms with van der Waals surface area (Å²) in [6, 6.07) is 7.59. The molecule has 1 N–H and O–H groups in total. The monoisotopic (exact) mass is 191 g/mol. The van der Waals surface area contributed by atoms with Crippen molar-refractivity contribution in [3.05, 3.63) is 30.2 Å². The van der Waals surface area contributed by atoms with E-state index in [0.717, 1.165) is 11.1 Å². The van der Waals surface area contributed by atoms with Crippen molar-refractivity contribution in [2.45, 2.75) is 25.9 Å². The topological polar surface area (TPSA) is 46.3 Å². The van der Waals surface area contributed by atoms with Crippen molar-refractivity contribution in [1.29, 1.82) is 0 Å². The molecule has 3 nitrogen and oxygen atoms in total. The Bertz CT molecular complexity index is 407. The van der Waals surface area contributed by atoms with Crippen molar-refractivity contribution in [2.75, 3.05) is 0 Å². The number of fused-ring (bicyclic) bond motifs is 1. The molecule has 2 rings (SSSR count). The van der Waals surface area contributed by atoms with Crippen LogP contribution in [0.1, 0.15) is 19.7 Å². The van der Waals surface area contributed by atoms with Crippen LogP contribution in [0.15, 0.2) is 28.7 Å². The standard InChI is InChI=1S/C11H13NO2/c1-11(2,13)7-10-12-8-5-3-4-6-9(8)14-10/h3-6,13H,7H2,1-2H3. The molecule has 3 heteroatoms. The number of aliphatic hydroxyl groups is 1. The Hall–Kier alpha value is -1.35. The van der Waals surface area contributed by atoms with Gasteiger partial charge in [-0.2, -0.15) is 0 Å². The third-order valence-corrected chi connectivity index (χ3v) is 1.92. The largest absolute Gasteiger partial charge is 0.441 e. The maximum absolute atomic E-state index is 9.60. The lowest BCUT2D eigenvalue weighted by molar-refractivity contribution is 0.0742. The summed E-state index contributed by atoms with van der Waals surface area (Å²) in [6.45, 7) is 3.48. The minimum absolute atomic E-state index is 0.432. The average Bonchev–Trinajstić information content (AvgIpc) is 2.42. The molecule has 2 aromatic rings. The van der Waals surface area contributed by atoms with Crippen LogP contribution in [0.25, 0.3) is 11.1 Å². The molecule has 0 amide bonds. The van der Waals surface area contributed by atoms with Gasteiger partial charge in [0.2, 0.25) is 0 Å². The summed E-state index contributed by atoms with van der Waals surface area (Å²) in [7, 11) is 0. The first kappa shape index (κ1) is 9.21. The molecule has 0 unspecified atom stereocenters. The lowest BCUT2D eigenvalue weighted by atomic mass is 10.1. The first-order chi connectivity index (χ1) is 6.54. The van der Waals surface area contributed by atoms with Crippen LogP contribution in [0.2, 0.25) is 0 Å². The highest BCUT2D eigenvalue weighted by atomic mass is 16.4. The SMILES string of the molecule is CC(C)(O)Cc1nc2ccccc2o1. The number of para-hydroxylation sites is 2. The Morgan fingerprint density at radius 1 is 1.36 bits per heavy atom. The maximum Gasteiger partial charge on any atom is 0.198 e. The molecule has 0 fully saturated rings. The lowest BCUT2D eigenvalue weighted by Gasteiger charge is -2.13. The first-order valence-electron chi connectivity index (χ1n) is 4.61. The Labute approximate surface area is 82.4 Å². The predicted molar refractivity (Wildman–Crippen MR) is 54.0 cm³/mol. The number of benzene rings is 1. The van der Waals surface area contributed by atoms with E-state index < -0.39 is 5.60 Å². The van der Waals surface area contributed by atoms with Crippen molar-refractivity contribution in [3.63, 3.8) is 0 Å². The summed E-state index contributed by atoms with van der Waals surface area (Å²) in [5, 5.41) is 9.60. The van der Waals surface area contributed by atoms with Gasteiger partial charge >= 0.3 is 0 Å². The van der Waals surface area contributed by atoms with E-state index in [9.17, 15) is 5.11 Å². The minimum Gasteiger partial charge on any atom is -0.441 e. The molecular weight excluding hydrogens is 178 g/mol. The average molecular weight is 191 g/mol. The van der Waals surface area contributed by atoms with Crippen molar-refractivity contribution in [3.8, 4) is 0 Å². The van der Waals surface area contributed by atoms with Crippen LogP contribution in [0.4, 0.5) is 0 Å². The molecule has 1 aromatic carbocycles. The Morgan fingerprint density at radius 2 is 2.07 bits per heavy atom. The number of nitrogens with zero attached hydrogens (tertiary/aromatic N) is 1. The van der Waals surface area contributed by atoms with Gasteiger partial charge in [-0.1, -0.05) is 12.1 Å². The van der Waals surface area contributed by atoms with Crippen LogP contribution < -0.4 is 0 Å². The molecule has 0 radical (unpaired) electrons. The highest BCUT2D eigenvalue weighted by Crippen LogP contribution is 2.18. The fourth-order valence-electron chi connectivity index (χ4n) is 1.37. The van der Waals surface area contributed by atoms with E-state index in [1.807, 2.05) is 24.3 Å². The van der Waals surface area contributed by atoms with Crippen molar-refractivity contribution in [1.82, 2.24) is 4.98 Å². The normalized spacial score (nSPS) is 12.2. The van der Waals surface area contributed by atoms with Gasteiger partial charge in [-0.15, -0.1) is 0 Å². The molecule has 0 bridgehead atoms. The molecule has 0 aliphatic heterocycles. The summed E-state index contributed by atoms with van der Waals surface area (Å²) < 4.78 is 5.47. The number of oxazole rings is 1. The van der Waals surface area contributed by atoms with Crippen molar-refractivity contribution in [2.24, 2.45) is 0 Å². The highest BCUT2D eigenvalue weighted by Gasteiger charge is 2.17. The van der Waals surface area contributed by atoms with Crippen LogP contribution >= 0.6 is 0 Å². The van der Waals surface area contributed by atoms with Crippen LogP contribution in [-0.2, 0) is 6.42 Å². The van der Waals surface area contributed by atoms with Crippen LogP contribution in [0, 0.1) is 0 Å². The molecule has 0 aliphatic rings. The van der Waals surface area contributed by atoms with E-state index in [0.29, 0.717) is 12.3 Å². The Balaban J connectivity index is 2.36. The smallest absolute Gasteiger partial charge is 0.198 e. The van der Waals surface area contributed by atoms with Gasteiger partial charge < -0.3 is 9.52 Å². The van der Waals surface area contributed by atoms with Crippen LogP contribution in [0.5, 0.6) is 0 Å². The second-order valence-electron chi connectivity index (χ2n) is 4.06. The number of hydrogen-bond donors (Lipinski definition) is 1. The molecular formula is C11H13NO2. The van der Waals surface area contributed by atoms with E-state index >= 15 is 0 Å². The Morgan fingerprint density at radius 3 is 2.71 bits per heavy atom. The fourth-order valence-corrected chi connectivity index (χ4v) is 1.37. The zero-order chi connectivity index (χ0) is 10.2. The van der Waals surface area contributed by atoms with Gasteiger partial charge in [0.1, 0.15) is 5.52 Å². The van der Waals surface area contributed by atoms with E-state index in [1.165, 1.54) is 0 Å². The lowest BCUT2D eigenvalue weighted by Crippen LogP contribution is -2.21. The van der Waals surface area contributed by atoms with Crippen LogP contribution in [-0.4, -0.2) is 15.7 Å². The van der Waals surface area contributed by atoms with Gasteiger partial charge in [-0.25, -0.2) is 4.98 Å². The molecule has 1 aromatic heterocycles. The van der Waals surface area contributed by atoms with Gasteiger partial charge in [0.15, 0.2) is 11.5 Å². The van der Waals surface area contributed by atoms with Gasteiger partial charge in [0.25, 0.3) is 0 Å². The van der Waals surface area contributed by atoms with E-state index in [-0.39, 0.29) is 0 Å². The minimum atomic E-state index is -0.777. The molecule has 0 aliphatic carbocycles. The van der Waals surface area contributed by atoms with Crippen molar-refractivity contribution < 1.29 is 9.52 Å². The van der Waals surface area contributed by atoms with E-state index in [2.05, 4.69) is 4.98 Å².